The quantitative estimate of drug-likeness (QED) is 0.736. The van der Waals surface area contributed by atoms with E-state index in [9.17, 15) is 5.11 Å². The van der Waals surface area contributed by atoms with Gasteiger partial charge in [0, 0.05) is 18.8 Å². The average molecular weight is 290 g/mol. The van der Waals surface area contributed by atoms with Gasteiger partial charge in [0.15, 0.2) is 10.6 Å². The largest absolute Gasteiger partial charge is 0.388 e. The first-order chi connectivity index (χ1) is 8.63. The van der Waals surface area contributed by atoms with Crippen molar-refractivity contribution >= 4 is 24.0 Å². The molecule has 1 aromatic rings. The molecule has 5 nitrogen and oxygen atoms in total. The molecule has 0 aliphatic rings. The smallest absolute Gasteiger partial charge is 0.199 e. The SMILES string of the molecule is CCCn1c(CO)nn(CN(C)CCSC)c1=S. The summed E-state index contributed by atoms with van der Waals surface area (Å²) in [6.45, 7) is 4.50. The Morgan fingerprint density at radius 2 is 2.22 bits per heavy atom. The second-order valence-corrected chi connectivity index (χ2v) is 5.57. The molecule has 104 valence electrons. The van der Waals surface area contributed by atoms with Crippen LogP contribution in [-0.4, -0.2) is 50.0 Å². The van der Waals surface area contributed by atoms with Crippen molar-refractivity contribution in [3.63, 3.8) is 0 Å². The normalized spacial score (nSPS) is 11.4. The molecule has 0 amide bonds. The van der Waals surface area contributed by atoms with Crippen LogP contribution < -0.4 is 0 Å². The summed E-state index contributed by atoms with van der Waals surface area (Å²) in [5.41, 5.74) is 0. The van der Waals surface area contributed by atoms with E-state index in [4.69, 9.17) is 12.2 Å². The Kier molecular flexibility index (Phi) is 6.91. The number of aliphatic hydroxyl groups is 1. The average Bonchev–Trinajstić information content (AvgIpc) is 2.65. The van der Waals surface area contributed by atoms with Gasteiger partial charge in [-0.1, -0.05) is 6.92 Å². The maximum Gasteiger partial charge on any atom is 0.199 e. The lowest BCUT2D eigenvalue weighted by molar-refractivity contribution is 0.252. The number of hydrogen-bond acceptors (Lipinski definition) is 5. The number of thioether (sulfide) groups is 1. The Labute approximate surface area is 118 Å². The Bertz CT molecular complexity index is 416. The number of hydrogen-bond donors (Lipinski definition) is 1. The molecule has 1 rings (SSSR count). The van der Waals surface area contributed by atoms with Gasteiger partial charge in [-0.3, -0.25) is 4.90 Å². The predicted octanol–water partition coefficient (Wildman–Crippen LogP) is 1.57. The maximum atomic E-state index is 9.30. The number of aromatic nitrogens is 3. The number of aliphatic hydroxyl groups excluding tert-OH is 1. The van der Waals surface area contributed by atoms with Crippen LogP contribution in [-0.2, 0) is 19.8 Å². The first-order valence-corrected chi connectivity index (χ1v) is 7.89. The zero-order chi connectivity index (χ0) is 13.5. The van der Waals surface area contributed by atoms with Crippen LogP contribution in [0.25, 0.3) is 0 Å². The lowest BCUT2D eigenvalue weighted by Crippen LogP contribution is -2.25. The van der Waals surface area contributed by atoms with Crippen molar-refractivity contribution in [3.8, 4) is 0 Å². The van der Waals surface area contributed by atoms with Gasteiger partial charge in [-0.05, 0) is 31.9 Å². The highest BCUT2D eigenvalue weighted by molar-refractivity contribution is 7.98. The van der Waals surface area contributed by atoms with Crippen molar-refractivity contribution in [3.05, 3.63) is 10.6 Å². The third kappa shape index (κ3) is 4.08. The molecular formula is C11H22N4OS2. The van der Waals surface area contributed by atoms with Crippen molar-refractivity contribution in [1.82, 2.24) is 19.2 Å². The van der Waals surface area contributed by atoms with E-state index in [0.29, 0.717) is 17.3 Å². The highest BCUT2D eigenvalue weighted by atomic mass is 32.2. The van der Waals surface area contributed by atoms with Crippen LogP contribution in [0.4, 0.5) is 0 Å². The Balaban J connectivity index is 2.80. The van der Waals surface area contributed by atoms with Crippen LogP contribution in [0.1, 0.15) is 19.2 Å². The van der Waals surface area contributed by atoms with E-state index in [1.807, 2.05) is 16.3 Å². The molecule has 1 heterocycles. The molecule has 1 N–H and O–H groups in total. The molecule has 0 saturated carbocycles. The van der Waals surface area contributed by atoms with Gasteiger partial charge >= 0.3 is 0 Å². The summed E-state index contributed by atoms with van der Waals surface area (Å²) in [6.07, 6.45) is 3.08. The van der Waals surface area contributed by atoms with Gasteiger partial charge in [-0.2, -0.15) is 16.9 Å². The molecule has 0 aliphatic heterocycles. The van der Waals surface area contributed by atoms with Gasteiger partial charge in [0.1, 0.15) is 6.61 Å². The fourth-order valence-electron chi connectivity index (χ4n) is 1.69. The summed E-state index contributed by atoms with van der Waals surface area (Å²) in [4.78, 5) is 2.18. The first-order valence-electron chi connectivity index (χ1n) is 6.08. The zero-order valence-electron chi connectivity index (χ0n) is 11.3. The summed E-state index contributed by atoms with van der Waals surface area (Å²) in [5, 5.41) is 13.7. The van der Waals surface area contributed by atoms with Crippen LogP contribution in [0.3, 0.4) is 0 Å². The molecule has 1 aromatic heterocycles. The second-order valence-electron chi connectivity index (χ2n) is 4.22. The molecule has 0 fully saturated rings. The van der Waals surface area contributed by atoms with Crippen molar-refractivity contribution in [2.45, 2.75) is 33.2 Å². The summed E-state index contributed by atoms with van der Waals surface area (Å²) in [5.74, 6) is 1.74. The fourth-order valence-corrected chi connectivity index (χ4v) is 2.48. The van der Waals surface area contributed by atoms with E-state index in [1.165, 1.54) is 0 Å². The van der Waals surface area contributed by atoms with Crippen molar-refractivity contribution < 1.29 is 5.11 Å². The molecule has 0 unspecified atom stereocenters. The molecule has 7 heteroatoms. The predicted molar refractivity (Wildman–Crippen MR) is 78.3 cm³/mol. The third-order valence-corrected chi connectivity index (χ3v) is 3.66. The molecule has 0 radical (unpaired) electrons. The van der Waals surface area contributed by atoms with Gasteiger partial charge in [0.25, 0.3) is 0 Å². The van der Waals surface area contributed by atoms with E-state index in [0.717, 1.165) is 25.3 Å². The monoisotopic (exact) mass is 290 g/mol. The maximum absolute atomic E-state index is 9.30. The molecular weight excluding hydrogens is 268 g/mol. The molecule has 0 aromatic carbocycles. The summed E-state index contributed by atoms with van der Waals surface area (Å²) in [7, 11) is 2.05. The number of rotatable bonds is 8. The van der Waals surface area contributed by atoms with Crippen LogP contribution in [0.2, 0.25) is 0 Å². The minimum absolute atomic E-state index is 0.0643. The lowest BCUT2D eigenvalue weighted by atomic mass is 10.4. The van der Waals surface area contributed by atoms with Crippen molar-refractivity contribution in [2.24, 2.45) is 0 Å². The standard InChI is InChI=1S/C11H22N4OS2/c1-4-5-14-10(8-16)12-15(11(14)17)9-13(2)6-7-18-3/h16H,4-9H2,1-3H3. The van der Waals surface area contributed by atoms with Gasteiger partial charge in [-0.15, -0.1) is 0 Å². The highest BCUT2D eigenvalue weighted by Crippen LogP contribution is 2.05. The van der Waals surface area contributed by atoms with Crippen molar-refractivity contribution in [2.75, 3.05) is 25.6 Å². The summed E-state index contributed by atoms with van der Waals surface area (Å²) < 4.78 is 4.39. The molecule has 0 aliphatic carbocycles. The van der Waals surface area contributed by atoms with Crippen LogP contribution in [0.15, 0.2) is 0 Å². The molecule has 18 heavy (non-hydrogen) atoms. The molecule has 0 bridgehead atoms. The van der Waals surface area contributed by atoms with Gasteiger partial charge in [-0.25, -0.2) is 4.68 Å². The van der Waals surface area contributed by atoms with E-state index < -0.39 is 0 Å². The summed E-state index contributed by atoms with van der Waals surface area (Å²) in [6, 6.07) is 0. The van der Waals surface area contributed by atoms with Crippen LogP contribution in [0.5, 0.6) is 0 Å². The van der Waals surface area contributed by atoms with E-state index in [1.54, 1.807) is 4.68 Å². The fraction of sp³-hybridized carbons (Fsp3) is 0.818. The van der Waals surface area contributed by atoms with Crippen molar-refractivity contribution in [1.29, 1.82) is 0 Å². The minimum atomic E-state index is -0.0643. The van der Waals surface area contributed by atoms with E-state index in [2.05, 4.69) is 30.2 Å². The van der Waals surface area contributed by atoms with Crippen LogP contribution >= 0.6 is 24.0 Å². The van der Waals surface area contributed by atoms with Gasteiger partial charge in [0.05, 0.1) is 6.67 Å². The van der Waals surface area contributed by atoms with E-state index in [-0.39, 0.29) is 6.61 Å². The summed E-state index contributed by atoms with van der Waals surface area (Å²) >= 11 is 7.22. The second kappa shape index (κ2) is 7.93. The van der Waals surface area contributed by atoms with Gasteiger partial charge in [0.2, 0.25) is 0 Å². The zero-order valence-corrected chi connectivity index (χ0v) is 12.9. The Hall–Kier alpha value is -0.370. The Morgan fingerprint density at radius 3 is 2.78 bits per heavy atom. The lowest BCUT2D eigenvalue weighted by Gasteiger charge is -2.15. The van der Waals surface area contributed by atoms with Crippen LogP contribution in [0, 0.1) is 4.77 Å². The third-order valence-electron chi connectivity index (χ3n) is 2.64. The van der Waals surface area contributed by atoms with Gasteiger partial charge < -0.3 is 9.67 Å². The highest BCUT2D eigenvalue weighted by Gasteiger charge is 2.10. The molecule has 0 atom stereocenters. The Morgan fingerprint density at radius 1 is 1.50 bits per heavy atom. The molecule has 0 saturated heterocycles. The van der Waals surface area contributed by atoms with E-state index >= 15 is 0 Å². The topological polar surface area (TPSA) is 46.2 Å². The first kappa shape index (κ1) is 15.7. The minimum Gasteiger partial charge on any atom is -0.388 e. The molecule has 0 spiro atoms. The number of nitrogens with zero attached hydrogens (tertiary/aromatic N) is 4.